The van der Waals surface area contributed by atoms with Gasteiger partial charge in [-0.2, -0.15) is 0 Å². The van der Waals surface area contributed by atoms with Gasteiger partial charge in [0.1, 0.15) is 0 Å². The number of fused-ring (bicyclic) bond motifs is 1. The van der Waals surface area contributed by atoms with Crippen LogP contribution in [0.3, 0.4) is 0 Å². The highest BCUT2D eigenvalue weighted by atomic mass is 15.1. The highest BCUT2D eigenvalue weighted by Crippen LogP contribution is 2.46. The number of nitrogens with zero attached hydrogens (tertiary/aromatic N) is 1. The summed E-state index contributed by atoms with van der Waals surface area (Å²) in [6, 6.07) is 108. The van der Waals surface area contributed by atoms with Crippen LogP contribution in [0.25, 0.3) is 99.8 Å². The fraction of sp³-hybridized carbons (Fsp3) is 0. The van der Waals surface area contributed by atoms with Gasteiger partial charge >= 0.3 is 0 Å². The lowest BCUT2D eigenvalue weighted by Crippen LogP contribution is -2.11. The molecule has 0 fully saturated rings. The van der Waals surface area contributed by atoms with E-state index in [9.17, 15) is 0 Å². The van der Waals surface area contributed by atoms with E-state index in [1.807, 2.05) is 0 Å². The molecule has 0 atom stereocenters. The number of para-hydroxylation sites is 1. The van der Waals surface area contributed by atoms with Crippen molar-refractivity contribution in [1.82, 2.24) is 0 Å². The average molecular weight is 904 g/mol. The van der Waals surface area contributed by atoms with E-state index in [2.05, 4.69) is 302 Å². The zero-order chi connectivity index (χ0) is 47.3. The molecule has 0 spiro atoms. The SMILES string of the molecule is c1ccc(-c2ccc(-c3ccc(N(c4ccc(-c5ccc(-c6ccccc6)c(-c6ccccc6)c5)cc4)c4ccccc4-c4cccc5cccc(-c6ccccc6)c45)cc3)cc2-c2ccccc2)cc1. The maximum atomic E-state index is 2.43. The first-order valence-corrected chi connectivity index (χ1v) is 24.4. The summed E-state index contributed by atoms with van der Waals surface area (Å²) >= 11 is 0. The summed E-state index contributed by atoms with van der Waals surface area (Å²) in [6.45, 7) is 0. The van der Waals surface area contributed by atoms with Crippen molar-refractivity contribution >= 4 is 27.8 Å². The van der Waals surface area contributed by atoms with Crippen LogP contribution in [0.2, 0.25) is 0 Å². The Labute approximate surface area is 416 Å². The van der Waals surface area contributed by atoms with Crippen LogP contribution in [0.15, 0.2) is 297 Å². The molecule has 0 saturated heterocycles. The maximum absolute atomic E-state index is 2.43. The van der Waals surface area contributed by atoms with Gasteiger partial charge in [-0.3, -0.25) is 0 Å². The third-order valence-electron chi connectivity index (χ3n) is 13.7. The number of benzene rings is 12. The molecule has 0 aliphatic heterocycles. The van der Waals surface area contributed by atoms with Gasteiger partial charge in [-0.15, -0.1) is 0 Å². The van der Waals surface area contributed by atoms with Crippen molar-refractivity contribution in [3.63, 3.8) is 0 Å². The van der Waals surface area contributed by atoms with Gasteiger partial charge in [0, 0.05) is 16.9 Å². The molecule has 0 N–H and O–H groups in total. The summed E-state index contributed by atoms with van der Waals surface area (Å²) in [5.41, 5.74) is 22.3. The van der Waals surface area contributed by atoms with Crippen LogP contribution in [-0.2, 0) is 0 Å². The lowest BCUT2D eigenvalue weighted by atomic mass is 9.90. The molecule has 0 amide bonds. The highest BCUT2D eigenvalue weighted by Gasteiger charge is 2.21. The van der Waals surface area contributed by atoms with Crippen molar-refractivity contribution in [1.29, 1.82) is 0 Å². The van der Waals surface area contributed by atoms with E-state index in [1.165, 1.54) is 83.1 Å². The minimum Gasteiger partial charge on any atom is -0.310 e. The second-order valence-electron chi connectivity index (χ2n) is 18.0. The molecule has 12 aromatic rings. The van der Waals surface area contributed by atoms with Crippen LogP contribution < -0.4 is 4.90 Å². The fourth-order valence-corrected chi connectivity index (χ4v) is 10.3. The van der Waals surface area contributed by atoms with Crippen LogP contribution in [0, 0.1) is 0 Å². The molecule has 0 unspecified atom stereocenters. The van der Waals surface area contributed by atoms with Gasteiger partial charge in [0.05, 0.1) is 5.69 Å². The molecule has 12 rings (SSSR count). The van der Waals surface area contributed by atoms with E-state index in [-0.39, 0.29) is 0 Å². The van der Waals surface area contributed by atoms with Crippen molar-refractivity contribution in [2.24, 2.45) is 0 Å². The third kappa shape index (κ3) is 8.63. The topological polar surface area (TPSA) is 3.24 Å². The zero-order valence-corrected chi connectivity index (χ0v) is 39.2. The second kappa shape index (κ2) is 19.4. The Morgan fingerprint density at radius 2 is 0.521 bits per heavy atom. The summed E-state index contributed by atoms with van der Waals surface area (Å²) in [5, 5.41) is 2.45. The smallest absolute Gasteiger partial charge is 0.0540 e. The molecule has 334 valence electrons. The molecular formula is C70H49N. The van der Waals surface area contributed by atoms with Gasteiger partial charge < -0.3 is 4.90 Å². The van der Waals surface area contributed by atoms with Gasteiger partial charge in [0.25, 0.3) is 0 Å². The first kappa shape index (κ1) is 43.0. The normalized spacial score (nSPS) is 11.1. The van der Waals surface area contributed by atoms with Crippen LogP contribution in [0.4, 0.5) is 17.1 Å². The minimum atomic E-state index is 1.07. The van der Waals surface area contributed by atoms with Gasteiger partial charge in [0.2, 0.25) is 0 Å². The molecule has 1 nitrogen and oxygen atoms in total. The van der Waals surface area contributed by atoms with Crippen LogP contribution in [0.1, 0.15) is 0 Å². The minimum absolute atomic E-state index is 1.07. The van der Waals surface area contributed by atoms with Gasteiger partial charge in [-0.25, -0.2) is 0 Å². The number of hydrogen-bond acceptors (Lipinski definition) is 1. The second-order valence-corrected chi connectivity index (χ2v) is 18.0. The summed E-state index contributed by atoms with van der Waals surface area (Å²) in [5.74, 6) is 0. The Hall–Kier alpha value is -9.30. The van der Waals surface area contributed by atoms with Crippen molar-refractivity contribution in [3.05, 3.63) is 297 Å². The quantitative estimate of drug-likeness (QED) is 0.125. The lowest BCUT2D eigenvalue weighted by molar-refractivity contribution is 1.28. The Bertz CT molecular complexity index is 3580. The Kier molecular flexibility index (Phi) is 11.7. The van der Waals surface area contributed by atoms with E-state index in [0.29, 0.717) is 0 Å². The molecule has 1 heteroatoms. The molecule has 0 aliphatic carbocycles. The number of rotatable bonds is 11. The molecule has 0 bridgehead atoms. The standard InChI is InChI=1S/C70H49N/c1-6-20-52(21-7-1)62-46-40-58(48-67(62)55-26-12-4-13-27-55)50-36-42-60(43-37-50)71(69-35-17-16-32-65(69)66-34-19-31-57-30-18-33-64(70(57)66)54-24-10-3-11-25-54)61-44-38-51(39-45-61)59-41-47-63(53-22-8-2-9-23-53)68(49-59)56-28-14-5-15-29-56/h1-49H. The van der Waals surface area contributed by atoms with E-state index in [4.69, 9.17) is 0 Å². The van der Waals surface area contributed by atoms with Gasteiger partial charge in [-0.1, -0.05) is 255 Å². The summed E-state index contributed by atoms with van der Waals surface area (Å²) in [4.78, 5) is 2.43. The van der Waals surface area contributed by atoms with Crippen molar-refractivity contribution in [2.45, 2.75) is 0 Å². The molecular weight excluding hydrogens is 855 g/mol. The van der Waals surface area contributed by atoms with E-state index >= 15 is 0 Å². The van der Waals surface area contributed by atoms with Crippen LogP contribution in [-0.4, -0.2) is 0 Å². The largest absolute Gasteiger partial charge is 0.310 e. The van der Waals surface area contributed by atoms with Crippen LogP contribution >= 0.6 is 0 Å². The van der Waals surface area contributed by atoms with E-state index in [1.54, 1.807) is 0 Å². The summed E-state index contributed by atoms with van der Waals surface area (Å²) in [6.07, 6.45) is 0. The molecule has 71 heavy (non-hydrogen) atoms. The number of hydrogen-bond donors (Lipinski definition) is 0. The predicted octanol–water partition coefficient (Wildman–Crippen LogP) is 19.6. The van der Waals surface area contributed by atoms with Gasteiger partial charge in [0.15, 0.2) is 0 Å². The number of anilines is 3. The van der Waals surface area contributed by atoms with E-state index < -0.39 is 0 Å². The fourth-order valence-electron chi connectivity index (χ4n) is 10.3. The summed E-state index contributed by atoms with van der Waals surface area (Å²) < 4.78 is 0. The molecule has 0 aromatic heterocycles. The highest BCUT2D eigenvalue weighted by molar-refractivity contribution is 6.09. The first-order chi connectivity index (χ1) is 35.2. The van der Waals surface area contributed by atoms with Crippen molar-refractivity contribution < 1.29 is 0 Å². The third-order valence-corrected chi connectivity index (χ3v) is 13.7. The summed E-state index contributed by atoms with van der Waals surface area (Å²) in [7, 11) is 0. The Morgan fingerprint density at radius 1 is 0.183 bits per heavy atom. The molecule has 0 heterocycles. The van der Waals surface area contributed by atoms with Gasteiger partial charge in [-0.05, 0) is 137 Å². The molecule has 12 aromatic carbocycles. The monoisotopic (exact) mass is 903 g/mol. The zero-order valence-electron chi connectivity index (χ0n) is 39.2. The predicted molar refractivity (Wildman–Crippen MR) is 302 cm³/mol. The Balaban J connectivity index is 0.990. The maximum Gasteiger partial charge on any atom is 0.0540 e. The molecule has 0 saturated carbocycles. The average Bonchev–Trinajstić information content (AvgIpc) is 3.46. The molecule has 0 radical (unpaired) electrons. The van der Waals surface area contributed by atoms with Crippen molar-refractivity contribution in [3.8, 4) is 89.0 Å². The van der Waals surface area contributed by atoms with E-state index in [0.717, 1.165) is 33.8 Å². The first-order valence-electron chi connectivity index (χ1n) is 24.4. The lowest BCUT2D eigenvalue weighted by Gasteiger charge is -2.29. The van der Waals surface area contributed by atoms with Crippen molar-refractivity contribution in [2.75, 3.05) is 4.90 Å². The van der Waals surface area contributed by atoms with Crippen LogP contribution in [0.5, 0.6) is 0 Å². The Morgan fingerprint density at radius 3 is 0.958 bits per heavy atom. The molecule has 0 aliphatic rings.